The zero-order chi connectivity index (χ0) is 19.4. The Balaban J connectivity index is 1.72. The number of carbonyl (C=O) groups excluding carboxylic acids is 1. The van der Waals surface area contributed by atoms with Crippen LogP contribution in [0.5, 0.6) is 5.75 Å². The maximum absolute atomic E-state index is 13.1. The Hall–Kier alpha value is -1.68. The van der Waals surface area contributed by atoms with Crippen LogP contribution in [0.2, 0.25) is 0 Å². The summed E-state index contributed by atoms with van der Waals surface area (Å²) in [4.78, 5) is 14.3. The molecule has 0 radical (unpaired) electrons. The van der Waals surface area contributed by atoms with Crippen LogP contribution in [0.4, 0.5) is 4.39 Å². The Bertz CT molecular complexity index is 900. The van der Waals surface area contributed by atoms with Crippen LogP contribution in [0, 0.1) is 9.39 Å². The van der Waals surface area contributed by atoms with Crippen molar-refractivity contribution in [2.24, 2.45) is 0 Å². The average molecular weight is 503 g/mol. The minimum atomic E-state index is -3.14. The van der Waals surface area contributed by atoms with Crippen molar-refractivity contribution in [3.8, 4) is 5.75 Å². The number of halogens is 2. The molecular weight excluding hydrogens is 484 g/mol. The number of benzene rings is 2. The number of amides is 1. The average Bonchev–Trinajstić information content (AvgIpc) is 3.00. The van der Waals surface area contributed by atoms with E-state index in [1.807, 2.05) is 12.1 Å². The van der Waals surface area contributed by atoms with Crippen LogP contribution in [0.15, 0.2) is 48.5 Å². The molecule has 0 saturated carbocycles. The fourth-order valence-corrected chi connectivity index (χ4v) is 5.08. The second-order valence-corrected chi connectivity index (χ2v) is 9.92. The van der Waals surface area contributed by atoms with Crippen LogP contribution in [-0.2, 0) is 21.2 Å². The standard InChI is InChI=1S/C19H19FINO4S/c20-15-3-1-14(2-4-15)11-22(17-9-10-27(24,25)13-17)19(23)12-26-18-7-5-16(21)6-8-18/h1-8,17H,9-13H2. The zero-order valence-corrected chi connectivity index (χ0v) is 17.5. The molecule has 144 valence electrons. The van der Waals surface area contributed by atoms with Gasteiger partial charge >= 0.3 is 0 Å². The van der Waals surface area contributed by atoms with Crippen molar-refractivity contribution < 1.29 is 22.3 Å². The minimum absolute atomic E-state index is 0.0521. The van der Waals surface area contributed by atoms with E-state index in [0.717, 1.165) is 9.13 Å². The van der Waals surface area contributed by atoms with E-state index in [2.05, 4.69) is 22.6 Å². The van der Waals surface area contributed by atoms with Crippen LogP contribution in [0.3, 0.4) is 0 Å². The highest BCUT2D eigenvalue weighted by Crippen LogP contribution is 2.21. The third-order valence-electron chi connectivity index (χ3n) is 4.41. The van der Waals surface area contributed by atoms with Gasteiger partial charge in [0.25, 0.3) is 5.91 Å². The third-order valence-corrected chi connectivity index (χ3v) is 6.88. The number of ether oxygens (including phenoxy) is 1. The molecule has 1 aliphatic heterocycles. The van der Waals surface area contributed by atoms with Crippen molar-refractivity contribution in [2.75, 3.05) is 18.1 Å². The Kier molecular flexibility index (Phi) is 6.36. The second kappa shape index (κ2) is 8.55. The first-order valence-electron chi connectivity index (χ1n) is 8.45. The van der Waals surface area contributed by atoms with E-state index in [1.54, 1.807) is 24.3 Å². The number of hydrogen-bond acceptors (Lipinski definition) is 4. The summed E-state index contributed by atoms with van der Waals surface area (Å²) in [5.41, 5.74) is 0.739. The Labute approximate surface area is 171 Å². The van der Waals surface area contributed by atoms with Gasteiger partial charge in [0.05, 0.1) is 11.5 Å². The quantitative estimate of drug-likeness (QED) is 0.569. The fraction of sp³-hybridized carbons (Fsp3) is 0.316. The highest BCUT2D eigenvalue weighted by molar-refractivity contribution is 14.1. The molecule has 1 heterocycles. The van der Waals surface area contributed by atoms with Crippen LogP contribution in [-0.4, -0.2) is 43.4 Å². The zero-order valence-electron chi connectivity index (χ0n) is 14.5. The Morgan fingerprint density at radius 1 is 1.15 bits per heavy atom. The summed E-state index contributed by atoms with van der Waals surface area (Å²) in [7, 11) is -3.14. The van der Waals surface area contributed by atoms with E-state index in [9.17, 15) is 17.6 Å². The maximum atomic E-state index is 13.1. The summed E-state index contributed by atoms with van der Waals surface area (Å²) < 4.78 is 43.5. The van der Waals surface area contributed by atoms with Gasteiger partial charge in [-0.15, -0.1) is 0 Å². The molecule has 1 amide bonds. The summed E-state index contributed by atoms with van der Waals surface area (Å²) in [5, 5.41) is 0. The molecular formula is C19H19FINO4S. The first kappa shape index (κ1) is 20.1. The van der Waals surface area contributed by atoms with Crippen molar-refractivity contribution in [1.82, 2.24) is 4.90 Å². The lowest BCUT2D eigenvalue weighted by atomic mass is 10.1. The largest absolute Gasteiger partial charge is 0.484 e. The molecule has 1 atom stereocenters. The van der Waals surface area contributed by atoms with Crippen molar-refractivity contribution in [1.29, 1.82) is 0 Å². The van der Waals surface area contributed by atoms with Crippen LogP contribution in [0.25, 0.3) is 0 Å². The molecule has 1 aliphatic rings. The first-order valence-corrected chi connectivity index (χ1v) is 11.4. The summed E-state index contributed by atoms with van der Waals surface area (Å²) in [6.07, 6.45) is 0.402. The number of rotatable bonds is 6. The molecule has 0 spiro atoms. The normalized spacial score (nSPS) is 18.2. The SMILES string of the molecule is O=C(COc1ccc(I)cc1)N(Cc1ccc(F)cc1)C1CCS(=O)(=O)C1. The predicted molar refractivity (Wildman–Crippen MR) is 109 cm³/mol. The van der Waals surface area contributed by atoms with Crippen LogP contribution < -0.4 is 4.74 Å². The highest BCUT2D eigenvalue weighted by atomic mass is 127. The smallest absolute Gasteiger partial charge is 0.261 e. The van der Waals surface area contributed by atoms with E-state index in [1.165, 1.54) is 17.0 Å². The maximum Gasteiger partial charge on any atom is 0.261 e. The van der Waals surface area contributed by atoms with Gasteiger partial charge in [0.1, 0.15) is 11.6 Å². The van der Waals surface area contributed by atoms with E-state index in [0.29, 0.717) is 12.2 Å². The molecule has 2 aromatic carbocycles. The van der Waals surface area contributed by atoms with Crippen molar-refractivity contribution in [3.63, 3.8) is 0 Å². The lowest BCUT2D eigenvalue weighted by Crippen LogP contribution is -2.43. The van der Waals surface area contributed by atoms with Gasteiger partial charge in [-0.05, 0) is 71.0 Å². The van der Waals surface area contributed by atoms with Crippen LogP contribution in [0.1, 0.15) is 12.0 Å². The molecule has 0 aliphatic carbocycles. The first-order chi connectivity index (χ1) is 12.8. The molecule has 1 saturated heterocycles. The topological polar surface area (TPSA) is 63.7 Å². The van der Waals surface area contributed by atoms with Crippen molar-refractivity contribution in [3.05, 3.63) is 63.5 Å². The highest BCUT2D eigenvalue weighted by Gasteiger charge is 2.34. The van der Waals surface area contributed by atoms with Gasteiger partial charge in [0, 0.05) is 16.2 Å². The lowest BCUT2D eigenvalue weighted by Gasteiger charge is -2.28. The van der Waals surface area contributed by atoms with E-state index in [4.69, 9.17) is 4.74 Å². The molecule has 3 rings (SSSR count). The number of nitrogens with zero attached hydrogens (tertiary/aromatic N) is 1. The summed E-state index contributed by atoms with van der Waals surface area (Å²) in [6.45, 7) is 0.0354. The molecule has 0 bridgehead atoms. The monoisotopic (exact) mass is 503 g/mol. The Morgan fingerprint density at radius 3 is 2.41 bits per heavy atom. The minimum Gasteiger partial charge on any atom is -0.484 e. The summed E-state index contributed by atoms with van der Waals surface area (Å²) in [5.74, 6) is -0.0570. The van der Waals surface area contributed by atoms with Gasteiger partial charge in [-0.2, -0.15) is 0 Å². The van der Waals surface area contributed by atoms with Gasteiger partial charge in [-0.3, -0.25) is 4.79 Å². The molecule has 27 heavy (non-hydrogen) atoms. The lowest BCUT2D eigenvalue weighted by molar-refractivity contribution is -0.136. The molecule has 5 nitrogen and oxygen atoms in total. The second-order valence-electron chi connectivity index (χ2n) is 6.45. The summed E-state index contributed by atoms with van der Waals surface area (Å²) in [6, 6.07) is 12.8. The number of carbonyl (C=O) groups is 1. The Morgan fingerprint density at radius 2 is 1.81 bits per heavy atom. The summed E-state index contributed by atoms with van der Waals surface area (Å²) >= 11 is 2.18. The number of sulfone groups is 1. The van der Waals surface area contributed by atoms with Crippen molar-refractivity contribution >= 4 is 38.3 Å². The van der Waals surface area contributed by atoms with Crippen LogP contribution >= 0.6 is 22.6 Å². The van der Waals surface area contributed by atoms with E-state index in [-0.39, 0.29) is 36.4 Å². The van der Waals surface area contributed by atoms with Gasteiger partial charge in [0.2, 0.25) is 0 Å². The molecule has 1 fully saturated rings. The van der Waals surface area contributed by atoms with Gasteiger partial charge in [-0.25, -0.2) is 12.8 Å². The van der Waals surface area contributed by atoms with E-state index >= 15 is 0 Å². The molecule has 2 aromatic rings. The van der Waals surface area contributed by atoms with Crippen molar-refractivity contribution in [2.45, 2.75) is 19.0 Å². The molecule has 8 heteroatoms. The van der Waals surface area contributed by atoms with Gasteiger partial charge in [0.15, 0.2) is 16.4 Å². The van der Waals surface area contributed by atoms with Gasteiger partial charge in [-0.1, -0.05) is 12.1 Å². The molecule has 0 N–H and O–H groups in total. The fourth-order valence-electron chi connectivity index (χ4n) is 2.99. The van der Waals surface area contributed by atoms with E-state index < -0.39 is 15.9 Å². The third kappa shape index (κ3) is 5.65. The van der Waals surface area contributed by atoms with Gasteiger partial charge < -0.3 is 9.64 Å². The number of hydrogen-bond donors (Lipinski definition) is 0. The molecule has 0 aromatic heterocycles. The predicted octanol–water partition coefficient (Wildman–Crippen LogP) is 3.03. The molecule has 1 unspecified atom stereocenters.